The average Bonchev–Trinajstić information content (AvgIpc) is 2.83. The standard InChI is InChI=1S/C30H38N4.CH4.ClH/c1-23-21-27(31)25-15-9-11-17-29(25)33(23)19-13-7-5-3-4-6-8-14-20-34-24(2)22-28(32)26-16-10-12-18-30(26)34;;/h9-12,15-18,21-22,31-32H,3-8,13-14,19-20H2,1-2H3;1H4;1H/p+1. The van der Waals surface area contributed by atoms with E-state index in [-0.39, 0.29) is 19.8 Å². The van der Waals surface area contributed by atoms with Crippen LogP contribution in [0.2, 0.25) is 0 Å². The molecule has 194 valence electrons. The minimum absolute atomic E-state index is 0. The Labute approximate surface area is 223 Å². The van der Waals surface area contributed by atoms with Gasteiger partial charge in [-0.3, -0.25) is 0 Å². The number of para-hydroxylation sites is 2. The largest absolute Gasteiger partial charge is 1.00 e. The van der Waals surface area contributed by atoms with Crippen LogP contribution in [0.1, 0.15) is 70.2 Å². The molecule has 0 aliphatic carbocycles. The van der Waals surface area contributed by atoms with E-state index >= 15 is 0 Å². The fourth-order valence-corrected chi connectivity index (χ4v) is 5.24. The van der Waals surface area contributed by atoms with Crippen molar-refractivity contribution in [3.8, 4) is 0 Å². The second-order valence-electron chi connectivity index (χ2n) is 9.65. The number of nitrogens with zero attached hydrogens (tertiary/aromatic N) is 2. The first kappa shape index (κ1) is 29.4. The molecule has 0 bridgehead atoms. The number of aromatic nitrogens is 2. The van der Waals surface area contributed by atoms with Crippen LogP contribution >= 0.6 is 0 Å². The van der Waals surface area contributed by atoms with Gasteiger partial charge < -0.3 is 23.9 Å². The van der Waals surface area contributed by atoms with E-state index in [1.165, 1.54) is 73.8 Å². The van der Waals surface area contributed by atoms with Gasteiger partial charge in [-0.25, -0.2) is 0 Å². The van der Waals surface area contributed by atoms with Crippen molar-refractivity contribution >= 4 is 33.2 Å². The molecule has 5 heteroatoms. The summed E-state index contributed by atoms with van der Waals surface area (Å²) in [5.74, 6) is 0. The summed E-state index contributed by atoms with van der Waals surface area (Å²) in [5.41, 5.74) is 19.2. The molecule has 0 fully saturated rings. The quantitative estimate of drug-likeness (QED) is 0.239. The van der Waals surface area contributed by atoms with E-state index in [2.05, 4.69) is 83.6 Å². The molecule has 4 rings (SSSR count). The molecule has 0 saturated heterocycles. The second-order valence-corrected chi connectivity index (χ2v) is 9.65. The van der Waals surface area contributed by atoms with Gasteiger partial charge in [-0.15, -0.1) is 0 Å². The Balaban J connectivity index is 0.00000228. The van der Waals surface area contributed by atoms with Gasteiger partial charge in [-0.1, -0.05) is 57.4 Å². The van der Waals surface area contributed by atoms with E-state index < -0.39 is 0 Å². The lowest BCUT2D eigenvalue weighted by molar-refractivity contribution is -0.678. The van der Waals surface area contributed by atoms with Gasteiger partial charge in [0.05, 0.1) is 22.1 Å². The normalized spacial score (nSPS) is 10.8. The highest BCUT2D eigenvalue weighted by atomic mass is 35.5. The Hall–Kier alpha value is -2.85. The fraction of sp³-hybridized carbons (Fsp3) is 0.419. The lowest BCUT2D eigenvalue weighted by atomic mass is 10.1. The van der Waals surface area contributed by atoms with Crippen LogP contribution in [0.5, 0.6) is 0 Å². The molecule has 0 spiro atoms. The average molecular weight is 508 g/mol. The Kier molecular flexibility index (Phi) is 11.5. The summed E-state index contributed by atoms with van der Waals surface area (Å²) in [5, 5.41) is 2.32. The zero-order valence-corrected chi connectivity index (χ0v) is 22.0. The van der Waals surface area contributed by atoms with Crippen molar-refractivity contribution in [1.29, 1.82) is 0 Å². The summed E-state index contributed by atoms with van der Waals surface area (Å²) in [6, 6.07) is 21.2. The second kappa shape index (κ2) is 14.0. The number of aryl methyl sites for hydroxylation is 4. The Bertz CT molecular complexity index is 1170. The zero-order valence-electron chi connectivity index (χ0n) is 21.3. The molecular weight excluding hydrogens is 464 g/mol. The van der Waals surface area contributed by atoms with E-state index in [4.69, 9.17) is 11.5 Å². The first-order valence-electron chi connectivity index (χ1n) is 12.9. The van der Waals surface area contributed by atoms with Crippen LogP contribution in [0.15, 0.2) is 60.7 Å². The summed E-state index contributed by atoms with van der Waals surface area (Å²) < 4.78 is 4.85. The maximum Gasteiger partial charge on any atom is 0.214 e. The van der Waals surface area contributed by atoms with Crippen LogP contribution < -0.4 is 33.0 Å². The number of hydrogen-bond donors (Lipinski definition) is 2. The maximum atomic E-state index is 6.22. The molecule has 0 saturated carbocycles. The zero-order chi connectivity index (χ0) is 23.9. The molecule has 4 nitrogen and oxygen atoms in total. The molecule has 4 aromatic rings. The SMILES string of the molecule is C.Cc1cc(N)c2ccccc2[n+]1CCCCCCCCCC[n+]1c(C)cc(N)c2ccccc21.[Cl-]. The molecule has 0 unspecified atom stereocenters. The van der Waals surface area contributed by atoms with Crippen molar-refractivity contribution in [2.24, 2.45) is 0 Å². The predicted octanol–water partition coefficient (Wildman–Crippen LogP) is 3.81. The number of halogens is 1. The smallest absolute Gasteiger partial charge is 0.214 e. The van der Waals surface area contributed by atoms with Crippen molar-refractivity contribution in [3.05, 3.63) is 72.1 Å². The van der Waals surface area contributed by atoms with Crippen molar-refractivity contribution in [1.82, 2.24) is 0 Å². The summed E-state index contributed by atoms with van der Waals surface area (Å²) in [6.45, 7) is 6.46. The monoisotopic (exact) mass is 507 g/mol. The third kappa shape index (κ3) is 6.88. The van der Waals surface area contributed by atoms with Crippen LogP contribution in [0.3, 0.4) is 0 Å². The number of anilines is 2. The minimum Gasteiger partial charge on any atom is -1.00 e. The number of nitrogen functional groups attached to an aromatic ring is 2. The third-order valence-corrected chi connectivity index (χ3v) is 7.11. The van der Waals surface area contributed by atoms with Gasteiger partial charge in [-0.2, -0.15) is 9.13 Å². The molecule has 0 aliphatic heterocycles. The molecule has 2 heterocycles. The van der Waals surface area contributed by atoms with Crippen LogP contribution in [-0.2, 0) is 13.1 Å². The summed E-state index contributed by atoms with van der Waals surface area (Å²) in [6.07, 6.45) is 10.3. The van der Waals surface area contributed by atoms with Gasteiger partial charge in [-0.05, 0) is 25.0 Å². The van der Waals surface area contributed by atoms with Crippen LogP contribution in [-0.4, -0.2) is 0 Å². The van der Waals surface area contributed by atoms with Gasteiger partial charge in [0, 0.05) is 51.0 Å². The number of hydrogen-bond acceptors (Lipinski definition) is 2. The van der Waals surface area contributed by atoms with Gasteiger partial charge in [0.15, 0.2) is 11.4 Å². The van der Waals surface area contributed by atoms with Crippen LogP contribution in [0, 0.1) is 13.8 Å². The lowest BCUT2D eigenvalue weighted by Gasteiger charge is -2.08. The number of nitrogens with two attached hydrogens (primary N) is 2. The number of pyridine rings is 2. The molecule has 0 amide bonds. The first-order valence-corrected chi connectivity index (χ1v) is 12.9. The van der Waals surface area contributed by atoms with Gasteiger partial charge >= 0.3 is 0 Å². The number of fused-ring (bicyclic) bond motifs is 2. The van der Waals surface area contributed by atoms with Gasteiger partial charge in [0.25, 0.3) is 0 Å². The van der Waals surface area contributed by atoms with E-state index in [0.717, 1.165) is 35.2 Å². The lowest BCUT2D eigenvalue weighted by Crippen LogP contribution is -3.00. The van der Waals surface area contributed by atoms with Gasteiger partial charge in [0.1, 0.15) is 13.1 Å². The third-order valence-electron chi connectivity index (χ3n) is 7.11. The number of unbranched alkanes of at least 4 members (excludes halogenated alkanes) is 7. The first-order chi connectivity index (χ1) is 16.6. The van der Waals surface area contributed by atoms with E-state index in [0.29, 0.717) is 0 Å². The Morgan fingerprint density at radius 2 is 0.889 bits per heavy atom. The topological polar surface area (TPSA) is 59.8 Å². The number of rotatable bonds is 11. The van der Waals surface area contributed by atoms with Crippen molar-refractivity contribution < 1.29 is 21.5 Å². The van der Waals surface area contributed by atoms with E-state index in [9.17, 15) is 0 Å². The summed E-state index contributed by atoms with van der Waals surface area (Å²) in [4.78, 5) is 0. The van der Waals surface area contributed by atoms with Crippen molar-refractivity contribution in [2.45, 2.75) is 85.7 Å². The van der Waals surface area contributed by atoms with Gasteiger partial charge in [0.2, 0.25) is 11.0 Å². The Morgan fingerprint density at radius 1 is 0.556 bits per heavy atom. The molecule has 0 radical (unpaired) electrons. The maximum absolute atomic E-state index is 6.22. The molecular formula is C31H44ClN4+. The van der Waals surface area contributed by atoms with E-state index in [1.54, 1.807) is 0 Å². The highest BCUT2D eigenvalue weighted by molar-refractivity contribution is 5.88. The van der Waals surface area contributed by atoms with Crippen LogP contribution in [0.25, 0.3) is 21.8 Å². The molecule has 0 aliphatic rings. The van der Waals surface area contributed by atoms with Crippen molar-refractivity contribution in [2.75, 3.05) is 11.5 Å². The molecule has 2 aromatic carbocycles. The molecule has 0 atom stereocenters. The summed E-state index contributed by atoms with van der Waals surface area (Å²) >= 11 is 0. The van der Waals surface area contributed by atoms with E-state index in [1.807, 2.05) is 0 Å². The summed E-state index contributed by atoms with van der Waals surface area (Å²) in [7, 11) is 0. The molecule has 2 aromatic heterocycles. The fourth-order valence-electron chi connectivity index (χ4n) is 5.24. The number of benzene rings is 2. The van der Waals surface area contributed by atoms with Crippen LogP contribution in [0.4, 0.5) is 11.4 Å². The molecule has 4 N–H and O–H groups in total. The van der Waals surface area contributed by atoms with Crippen molar-refractivity contribution in [3.63, 3.8) is 0 Å². The minimum atomic E-state index is 0. The highest BCUT2D eigenvalue weighted by Gasteiger charge is 2.15. The predicted molar refractivity (Wildman–Crippen MR) is 150 cm³/mol. The highest BCUT2D eigenvalue weighted by Crippen LogP contribution is 2.20. The molecule has 36 heavy (non-hydrogen) atoms. The Morgan fingerprint density at radius 3 is 1.28 bits per heavy atom.